The Balaban J connectivity index is 1.27. The number of imidazole rings is 1. The van der Waals surface area contributed by atoms with E-state index in [2.05, 4.69) is 187 Å². The predicted octanol–water partition coefficient (Wildman–Crippen LogP) is 12.6. The normalized spacial score (nSPS) is 15.2. The molecule has 8 aromatic carbocycles. The van der Waals surface area contributed by atoms with Crippen molar-refractivity contribution in [1.29, 1.82) is 0 Å². The molecule has 0 aliphatic heterocycles. The maximum Gasteiger partial charge on any atom is 0.145 e. The Morgan fingerprint density at radius 3 is 1.92 bits per heavy atom. The zero-order chi connectivity index (χ0) is 34.7. The molecule has 2 aliphatic carbocycles. The van der Waals surface area contributed by atoms with Crippen molar-refractivity contribution < 1.29 is 4.42 Å². The number of benzene rings is 8. The smallest absolute Gasteiger partial charge is 0.145 e. The Hall–Kier alpha value is -6.97. The highest BCUT2D eigenvalue weighted by atomic mass is 16.3. The fourth-order valence-electron chi connectivity index (χ4n) is 9.59. The second kappa shape index (κ2) is 10.5. The van der Waals surface area contributed by atoms with Gasteiger partial charge in [-0.1, -0.05) is 140 Å². The van der Waals surface area contributed by atoms with E-state index >= 15 is 0 Å². The largest absolute Gasteiger partial charge is 0.456 e. The molecule has 3 heteroatoms. The molecule has 3 nitrogen and oxygen atoms in total. The molecule has 12 rings (SSSR count). The molecule has 1 atom stereocenters. The first-order chi connectivity index (χ1) is 26.3. The highest BCUT2D eigenvalue weighted by Crippen LogP contribution is 2.63. The van der Waals surface area contributed by atoms with Gasteiger partial charge in [-0.2, -0.15) is 0 Å². The monoisotopic (exact) mass is 674 g/mol. The lowest BCUT2D eigenvalue weighted by Gasteiger charge is -2.35. The average molecular weight is 675 g/mol. The van der Waals surface area contributed by atoms with Crippen LogP contribution in [0.2, 0.25) is 0 Å². The Labute approximate surface area is 306 Å². The van der Waals surface area contributed by atoms with E-state index in [0.29, 0.717) is 0 Å². The van der Waals surface area contributed by atoms with Gasteiger partial charge < -0.3 is 4.42 Å². The summed E-state index contributed by atoms with van der Waals surface area (Å²) < 4.78 is 8.84. The minimum atomic E-state index is -0.636. The molecule has 1 unspecified atom stereocenters. The van der Waals surface area contributed by atoms with Gasteiger partial charge in [0.05, 0.1) is 16.4 Å². The van der Waals surface area contributed by atoms with Crippen LogP contribution >= 0.6 is 0 Å². The Kier molecular flexibility index (Phi) is 5.70. The average Bonchev–Trinajstić information content (AvgIpc) is 3.87. The van der Waals surface area contributed by atoms with Crippen LogP contribution in [-0.4, -0.2) is 9.55 Å². The summed E-state index contributed by atoms with van der Waals surface area (Å²) in [7, 11) is 0. The van der Waals surface area contributed by atoms with E-state index in [0.717, 1.165) is 44.7 Å². The van der Waals surface area contributed by atoms with Crippen molar-refractivity contribution in [2.45, 2.75) is 5.41 Å². The molecular formula is C50H30N2O. The fourth-order valence-corrected chi connectivity index (χ4v) is 9.59. The zero-order valence-electron chi connectivity index (χ0n) is 28.6. The first-order valence-corrected chi connectivity index (χ1v) is 18.2. The standard InChI is InChI=1S/C50H30N2O/c1-2-14-32(15-3-1)52-44-24-12-11-23-43(44)51-49(52)31-26-27-36-34-17-5-4-16-33(34)35-18-6-9-21-39(35)50(42(36)30-31)40-22-10-7-19-37(40)47-41(50)28-29-46-48(47)38-20-8-13-25-45(38)53-46/h1-30H. The van der Waals surface area contributed by atoms with Gasteiger partial charge in [0.2, 0.25) is 0 Å². The number of hydrogen-bond donors (Lipinski definition) is 0. The second-order valence-corrected chi connectivity index (χ2v) is 14.2. The van der Waals surface area contributed by atoms with Crippen molar-refractivity contribution in [1.82, 2.24) is 9.55 Å². The third kappa shape index (κ3) is 3.70. The SMILES string of the molecule is c1ccc(-n2c(-c3ccc4c(c3)C3(c5ccccc5-c5ccccc5-4)c4ccccc4-c4c3ccc3oc5ccccc5c43)nc3ccccc32)cc1. The van der Waals surface area contributed by atoms with Gasteiger partial charge >= 0.3 is 0 Å². The van der Waals surface area contributed by atoms with Crippen molar-refractivity contribution in [2.75, 3.05) is 0 Å². The molecule has 10 aromatic rings. The van der Waals surface area contributed by atoms with Crippen molar-refractivity contribution >= 4 is 33.0 Å². The molecule has 2 aromatic heterocycles. The summed E-state index contributed by atoms with van der Waals surface area (Å²) in [5.74, 6) is 0.920. The van der Waals surface area contributed by atoms with Crippen LogP contribution in [0.1, 0.15) is 22.3 Å². The van der Waals surface area contributed by atoms with E-state index < -0.39 is 5.41 Å². The quantitative estimate of drug-likeness (QED) is 0.183. The molecular weight excluding hydrogens is 645 g/mol. The lowest BCUT2D eigenvalue weighted by atomic mass is 9.65. The molecule has 2 aliphatic rings. The van der Waals surface area contributed by atoms with Crippen LogP contribution in [0.25, 0.3) is 83.4 Å². The van der Waals surface area contributed by atoms with Crippen molar-refractivity contribution in [3.05, 3.63) is 204 Å². The topological polar surface area (TPSA) is 31.0 Å². The lowest BCUT2D eigenvalue weighted by Crippen LogP contribution is -2.29. The van der Waals surface area contributed by atoms with Gasteiger partial charge in [-0.15, -0.1) is 0 Å². The summed E-state index contributed by atoms with van der Waals surface area (Å²) in [5, 5.41) is 2.31. The van der Waals surface area contributed by atoms with Crippen LogP contribution in [0.4, 0.5) is 0 Å². The molecule has 0 fully saturated rings. The number of para-hydroxylation sites is 4. The minimum absolute atomic E-state index is 0.636. The van der Waals surface area contributed by atoms with E-state index in [1.807, 2.05) is 0 Å². The zero-order valence-corrected chi connectivity index (χ0v) is 28.6. The van der Waals surface area contributed by atoms with Crippen molar-refractivity contribution in [3.63, 3.8) is 0 Å². The maximum absolute atomic E-state index is 6.53. The van der Waals surface area contributed by atoms with E-state index in [1.165, 1.54) is 61.0 Å². The molecule has 53 heavy (non-hydrogen) atoms. The van der Waals surface area contributed by atoms with Gasteiger partial charge in [-0.05, 0) is 98.1 Å². The third-order valence-corrected chi connectivity index (χ3v) is 11.6. The molecule has 0 bridgehead atoms. The summed E-state index contributed by atoms with van der Waals surface area (Å²) >= 11 is 0. The molecule has 0 saturated carbocycles. The Morgan fingerprint density at radius 1 is 0.453 bits per heavy atom. The van der Waals surface area contributed by atoms with Gasteiger partial charge in [0, 0.05) is 22.0 Å². The molecule has 0 radical (unpaired) electrons. The number of hydrogen-bond acceptors (Lipinski definition) is 2. The van der Waals surface area contributed by atoms with Crippen molar-refractivity contribution in [2.24, 2.45) is 0 Å². The van der Waals surface area contributed by atoms with Gasteiger partial charge in [0.1, 0.15) is 17.0 Å². The van der Waals surface area contributed by atoms with Crippen LogP contribution in [0.15, 0.2) is 186 Å². The summed E-state index contributed by atoms with van der Waals surface area (Å²) in [6, 6.07) is 66.1. The highest BCUT2D eigenvalue weighted by Gasteiger charge is 2.50. The fraction of sp³-hybridized carbons (Fsp3) is 0.0200. The number of rotatable bonds is 2. The molecule has 0 amide bonds. The van der Waals surface area contributed by atoms with Gasteiger partial charge in [-0.25, -0.2) is 4.98 Å². The van der Waals surface area contributed by atoms with Crippen LogP contribution in [0.5, 0.6) is 0 Å². The molecule has 246 valence electrons. The first-order valence-electron chi connectivity index (χ1n) is 18.2. The minimum Gasteiger partial charge on any atom is -0.456 e. The predicted molar refractivity (Wildman–Crippen MR) is 216 cm³/mol. The second-order valence-electron chi connectivity index (χ2n) is 14.2. The number of aromatic nitrogens is 2. The Morgan fingerprint density at radius 2 is 1.09 bits per heavy atom. The molecule has 2 heterocycles. The number of furan rings is 1. The summed E-state index contributed by atoms with van der Waals surface area (Å²) in [6.07, 6.45) is 0. The molecule has 1 spiro atoms. The Bertz CT molecular complexity index is 3130. The van der Waals surface area contributed by atoms with E-state index in [9.17, 15) is 0 Å². The van der Waals surface area contributed by atoms with E-state index in [4.69, 9.17) is 9.40 Å². The van der Waals surface area contributed by atoms with E-state index in [-0.39, 0.29) is 0 Å². The maximum atomic E-state index is 6.53. The summed E-state index contributed by atoms with van der Waals surface area (Å²) in [6.45, 7) is 0. The first kappa shape index (κ1) is 28.7. The summed E-state index contributed by atoms with van der Waals surface area (Å²) in [5.41, 5.74) is 17.9. The lowest BCUT2D eigenvalue weighted by molar-refractivity contribution is 0.668. The van der Waals surface area contributed by atoms with Crippen LogP contribution in [0, 0.1) is 0 Å². The molecule has 0 N–H and O–H groups in total. The van der Waals surface area contributed by atoms with Gasteiger partial charge in [0.15, 0.2) is 0 Å². The van der Waals surface area contributed by atoms with Crippen LogP contribution in [-0.2, 0) is 5.41 Å². The third-order valence-electron chi connectivity index (χ3n) is 11.6. The number of fused-ring (bicyclic) bond motifs is 17. The van der Waals surface area contributed by atoms with Gasteiger partial charge in [-0.3, -0.25) is 4.57 Å². The molecule has 0 saturated heterocycles. The van der Waals surface area contributed by atoms with Gasteiger partial charge in [0.25, 0.3) is 0 Å². The van der Waals surface area contributed by atoms with Crippen LogP contribution in [0.3, 0.4) is 0 Å². The summed E-state index contributed by atoms with van der Waals surface area (Å²) in [4.78, 5) is 5.34. The number of nitrogens with zero attached hydrogens (tertiary/aromatic N) is 2. The van der Waals surface area contributed by atoms with E-state index in [1.54, 1.807) is 0 Å². The highest BCUT2D eigenvalue weighted by molar-refractivity contribution is 6.16. The van der Waals surface area contributed by atoms with Crippen molar-refractivity contribution in [3.8, 4) is 50.5 Å². The van der Waals surface area contributed by atoms with Crippen LogP contribution < -0.4 is 0 Å².